The van der Waals surface area contributed by atoms with Crippen molar-refractivity contribution < 1.29 is 4.42 Å². The molecule has 1 aromatic rings. The molecule has 0 radical (unpaired) electrons. The minimum atomic E-state index is -0.226. The first-order valence-corrected chi connectivity index (χ1v) is 6.72. The van der Waals surface area contributed by atoms with Crippen molar-refractivity contribution in [1.82, 2.24) is 10.2 Å². The van der Waals surface area contributed by atoms with Crippen LogP contribution in [0.1, 0.15) is 50.8 Å². The van der Waals surface area contributed by atoms with E-state index in [2.05, 4.69) is 22.0 Å². The normalized spacial score (nSPS) is 26.8. The highest BCUT2D eigenvalue weighted by atomic mass is 35.5. The number of anilines is 1. The average molecular weight is 258 g/mol. The first-order valence-electron chi connectivity index (χ1n) is 6.28. The molecule has 1 heterocycles. The van der Waals surface area contributed by atoms with E-state index in [0.29, 0.717) is 17.9 Å². The Morgan fingerprint density at radius 1 is 1.29 bits per heavy atom. The van der Waals surface area contributed by atoms with Crippen LogP contribution in [-0.4, -0.2) is 23.3 Å². The maximum absolute atomic E-state index is 5.91. The molecule has 17 heavy (non-hydrogen) atoms. The predicted molar refractivity (Wildman–Crippen MR) is 68.4 cm³/mol. The number of rotatable bonds is 3. The molecule has 1 unspecified atom stereocenters. The van der Waals surface area contributed by atoms with Crippen LogP contribution in [0.25, 0.3) is 0 Å². The fourth-order valence-corrected chi connectivity index (χ4v) is 2.40. The molecular weight excluding hydrogens is 238 g/mol. The van der Waals surface area contributed by atoms with Crippen molar-refractivity contribution in [1.29, 1.82) is 0 Å². The number of aromatic nitrogens is 2. The van der Waals surface area contributed by atoms with E-state index >= 15 is 0 Å². The summed E-state index contributed by atoms with van der Waals surface area (Å²) in [5.74, 6) is 1.35. The Bertz CT molecular complexity index is 358. The van der Waals surface area contributed by atoms with Gasteiger partial charge in [0.05, 0.1) is 0 Å². The SMILES string of the molecule is CC1CCC(N(C)c2nnc(C(C)Cl)o2)CC1. The van der Waals surface area contributed by atoms with E-state index in [1.165, 1.54) is 25.7 Å². The minimum Gasteiger partial charge on any atom is -0.406 e. The second kappa shape index (κ2) is 5.25. The van der Waals surface area contributed by atoms with Gasteiger partial charge in [-0.3, -0.25) is 0 Å². The lowest BCUT2D eigenvalue weighted by molar-refractivity contribution is 0.330. The molecule has 0 amide bonds. The van der Waals surface area contributed by atoms with Crippen LogP contribution in [0.2, 0.25) is 0 Å². The van der Waals surface area contributed by atoms with Gasteiger partial charge in [0.15, 0.2) is 0 Å². The van der Waals surface area contributed by atoms with Crippen molar-refractivity contribution in [3.8, 4) is 0 Å². The lowest BCUT2D eigenvalue weighted by atomic mass is 9.87. The van der Waals surface area contributed by atoms with Gasteiger partial charge in [0, 0.05) is 13.1 Å². The van der Waals surface area contributed by atoms with Crippen LogP contribution in [0.3, 0.4) is 0 Å². The van der Waals surface area contributed by atoms with E-state index in [4.69, 9.17) is 16.0 Å². The van der Waals surface area contributed by atoms with Gasteiger partial charge in [-0.05, 0) is 38.5 Å². The van der Waals surface area contributed by atoms with Crippen molar-refractivity contribution >= 4 is 17.6 Å². The summed E-state index contributed by atoms with van der Waals surface area (Å²) in [4.78, 5) is 2.10. The molecule has 0 aliphatic heterocycles. The molecular formula is C12H20ClN3O. The second-order valence-corrected chi connectivity index (χ2v) is 5.72. The molecule has 0 bridgehead atoms. The zero-order valence-electron chi connectivity index (χ0n) is 10.7. The van der Waals surface area contributed by atoms with Crippen LogP contribution < -0.4 is 4.90 Å². The number of hydrogen-bond donors (Lipinski definition) is 0. The number of halogens is 1. The first-order chi connectivity index (χ1) is 8.08. The third kappa shape index (κ3) is 2.92. The Labute approximate surface area is 107 Å². The molecule has 96 valence electrons. The zero-order chi connectivity index (χ0) is 12.4. The largest absolute Gasteiger partial charge is 0.406 e. The number of alkyl halides is 1. The summed E-state index contributed by atoms with van der Waals surface area (Å²) >= 11 is 5.91. The van der Waals surface area contributed by atoms with Gasteiger partial charge in [0.25, 0.3) is 0 Å². The Hall–Kier alpha value is -0.770. The fourth-order valence-electron chi connectivity index (χ4n) is 2.32. The highest BCUT2D eigenvalue weighted by Crippen LogP contribution is 2.29. The molecule has 0 N–H and O–H groups in total. The molecule has 1 aliphatic rings. The molecule has 5 heteroatoms. The van der Waals surface area contributed by atoms with E-state index in [1.54, 1.807) is 0 Å². The summed E-state index contributed by atoms with van der Waals surface area (Å²) in [5.41, 5.74) is 0. The fraction of sp³-hybridized carbons (Fsp3) is 0.833. The van der Waals surface area contributed by atoms with Crippen molar-refractivity contribution in [2.45, 2.75) is 50.9 Å². The van der Waals surface area contributed by atoms with Crippen LogP contribution >= 0.6 is 11.6 Å². The third-order valence-corrected chi connectivity index (χ3v) is 3.79. The van der Waals surface area contributed by atoms with Gasteiger partial charge >= 0.3 is 6.01 Å². The van der Waals surface area contributed by atoms with Gasteiger partial charge in [0.2, 0.25) is 5.89 Å². The lowest BCUT2D eigenvalue weighted by Gasteiger charge is -2.32. The van der Waals surface area contributed by atoms with Gasteiger partial charge in [-0.1, -0.05) is 12.0 Å². The number of nitrogens with zero attached hydrogens (tertiary/aromatic N) is 3. The zero-order valence-corrected chi connectivity index (χ0v) is 11.4. The number of hydrogen-bond acceptors (Lipinski definition) is 4. The molecule has 1 aromatic heterocycles. The van der Waals surface area contributed by atoms with Crippen molar-refractivity contribution in [2.24, 2.45) is 5.92 Å². The summed E-state index contributed by atoms with van der Waals surface area (Å²) in [7, 11) is 2.02. The molecule has 1 atom stereocenters. The third-order valence-electron chi connectivity index (χ3n) is 3.61. The van der Waals surface area contributed by atoms with Crippen molar-refractivity contribution in [2.75, 3.05) is 11.9 Å². The van der Waals surface area contributed by atoms with Crippen LogP contribution in [0.5, 0.6) is 0 Å². The molecule has 4 nitrogen and oxygen atoms in total. The van der Waals surface area contributed by atoms with E-state index in [0.717, 1.165) is 5.92 Å². The Balaban J connectivity index is 2.01. The van der Waals surface area contributed by atoms with E-state index in [9.17, 15) is 0 Å². The molecule has 0 spiro atoms. The monoisotopic (exact) mass is 257 g/mol. The van der Waals surface area contributed by atoms with Gasteiger partial charge in [-0.2, -0.15) is 0 Å². The maximum atomic E-state index is 5.91. The highest BCUT2D eigenvalue weighted by Gasteiger charge is 2.25. The van der Waals surface area contributed by atoms with Gasteiger partial charge < -0.3 is 9.32 Å². The summed E-state index contributed by atoms with van der Waals surface area (Å²) in [5, 5.41) is 7.79. The molecule has 1 aliphatic carbocycles. The average Bonchev–Trinajstić information content (AvgIpc) is 2.78. The van der Waals surface area contributed by atoms with E-state index < -0.39 is 0 Å². The molecule has 2 rings (SSSR count). The van der Waals surface area contributed by atoms with Crippen LogP contribution in [-0.2, 0) is 0 Å². The van der Waals surface area contributed by atoms with Crippen LogP contribution in [0, 0.1) is 5.92 Å². The quantitative estimate of drug-likeness (QED) is 0.779. The predicted octanol–water partition coefficient (Wildman–Crippen LogP) is 3.38. The molecule has 1 saturated carbocycles. The molecule has 0 saturated heterocycles. The van der Waals surface area contributed by atoms with Crippen LogP contribution in [0.15, 0.2) is 4.42 Å². The summed E-state index contributed by atoms with van der Waals surface area (Å²) < 4.78 is 5.56. The molecule has 1 fully saturated rings. The Morgan fingerprint density at radius 2 is 1.94 bits per heavy atom. The summed E-state index contributed by atoms with van der Waals surface area (Å²) in [6.07, 6.45) is 4.96. The van der Waals surface area contributed by atoms with Crippen molar-refractivity contribution in [3.05, 3.63) is 5.89 Å². The summed E-state index contributed by atoms with van der Waals surface area (Å²) in [6, 6.07) is 1.11. The van der Waals surface area contributed by atoms with Gasteiger partial charge in [-0.25, -0.2) is 0 Å². The topological polar surface area (TPSA) is 42.2 Å². The van der Waals surface area contributed by atoms with Crippen LogP contribution in [0.4, 0.5) is 6.01 Å². The Kier molecular flexibility index (Phi) is 3.92. The molecule has 0 aromatic carbocycles. The van der Waals surface area contributed by atoms with E-state index in [-0.39, 0.29) is 5.38 Å². The van der Waals surface area contributed by atoms with E-state index in [1.807, 2.05) is 14.0 Å². The van der Waals surface area contributed by atoms with Crippen molar-refractivity contribution in [3.63, 3.8) is 0 Å². The van der Waals surface area contributed by atoms with Gasteiger partial charge in [0.1, 0.15) is 5.38 Å². The lowest BCUT2D eigenvalue weighted by Crippen LogP contribution is -2.35. The Morgan fingerprint density at radius 3 is 2.47 bits per heavy atom. The first kappa shape index (κ1) is 12.7. The smallest absolute Gasteiger partial charge is 0.318 e. The summed E-state index contributed by atoms with van der Waals surface area (Å²) in [6.45, 7) is 4.15. The highest BCUT2D eigenvalue weighted by molar-refractivity contribution is 6.20. The second-order valence-electron chi connectivity index (χ2n) is 5.06. The minimum absolute atomic E-state index is 0.226. The van der Waals surface area contributed by atoms with Gasteiger partial charge in [-0.15, -0.1) is 16.7 Å². The standard InChI is InChI=1S/C12H20ClN3O/c1-8-4-6-10(7-5-8)16(3)12-15-14-11(17-12)9(2)13/h8-10H,4-7H2,1-3H3. The maximum Gasteiger partial charge on any atom is 0.318 e.